The average molecular weight is 611 g/mol. The number of imide groups is 1. The highest BCUT2D eigenvalue weighted by atomic mass is 16.2. The highest BCUT2D eigenvalue weighted by Gasteiger charge is 2.30. The van der Waals surface area contributed by atoms with Gasteiger partial charge in [-0.05, 0) is 95.1 Å². The normalized spacial score (nSPS) is 20.2. The predicted octanol–water partition coefficient (Wildman–Crippen LogP) is 2.71. The van der Waals surface area contributed by atoms with Crippen LogP contribution in [0.4, 0.5) is 0 Å². The van der Waals surface area contributed by atoms with E-state index in [1.54, 1.807) is 18.5 Å². The molecule has 0 spiro atoms. The molecule has 0 aliphatic carbocycles. The molecule has 45 heavy (non-hydrogen) atoms. The molecule has 9 heteroatoms. The molecule has 0 saturated carbocycles. The maximum atomic E-state index is 12.3. The van der Waals surface area contributed by atoms with Crippen molar-refractivity contribution in [3.8, 4) is 11.8 Å². The van der Waals surface area contributed by atoms with Crippen molar-refractivity contribution in [1.82, 2.24) is 20.1 Å². The number of aromatic nitrogens is 1. The molecule has 2 atom stereocenters. The molecule has 4 rings (SSSR count). The number of nitrogens with zero attached hydrogens (tertiary/aromatic N) is 2. The quantitative estimate of drug-likeness (QED) is 0.0954. The van der Waals surface area contributed by atoms with Crippen LogP contribution in [0.15, 0.2) is 48.2 Å². The Morgan fingerprint density at radius 3 is 2.76 bits per heavy atom. The Kier molecular flexibility index (Phi) is 12.4. The number of hydrogen-bond donors (Lipinski definition) is 4. The Bertz CT molecular complexity index is 1610. The van der Waals surface area contributed by atoms with E-state index in [1.165, 1.54) is 18.5 Å². The number of amides is 2. The second kappa shape index (κ2) is 16.6. The van der Waals surface area contributed by atoms with E-state index in [-0.39, 0.29) is 11.8 Å². The third-order valence-corrected chi connectivity index (χ3v) is 8.67. The summed E-state index contributed by atoms with van der Waals surface area (Å²) in [6, 6.07) is 7.65. The summed E-state index contributed by atoms with van der Waals surface area (Å²) in [6.07, 6.45) is 17.9. The van der Waals surface area contributed by atoms with E-state index >= 15 is 0 Å². The second-order valence-corrected chi connectivity index (χ2v) is 11.9. The van der Waals surface area contributed by atoms with Crippen LogP contribution in [0, 0.1) is 11.8 Å². The van der Waals surface area contributed by atoms with Crippen molar-refractivity contribution in [2.45, 2.75) is 76.4 Å². The highest BCUT2D eigenvalue weighted by molar-refractivity contribution is 6.00. The molecular formula is C36H46N6O3. The van der Waals surface area contributed by atoms with Gasteiger partial charge in [-0.2, -0.15) is 0 Å². The Hall–Kier alpha value is -4.39. The molecule has 6 N–H and O–H groups in total. The molecule has 3 heterocycles. The van der Waals surface area contributed by atoms with Crippen LogP contribution >= 0.6 is 0 Å². The van der Waals surface area contributed by atoms with Crippen LogP contribution in [0.2, 0.25) is 0 Å². The first kappa shape index (κ1) is 33.5. The number of likely N-dealkylation sites (N-methyl/N-ethyl adjacent to an activating group) is 1. The van der Waals surface area contributed by atoms with Crippen LogP contribution in [0.25, 0.3) is 12.3 Å². The first-order valence-electron chi connectivity index (χ1n) is 15.8. The molecule has 0 radical (unpaired) electrons. The second-order valence-electron chi connectivity index (χ2n) is 11.9. The summed E-state index contributed by atoms with van der Waals surface area (Å²) >= 11 is 0. The van der Waals surface area contributed by atoms with Gasteiger partial charge in [-0.1, -0.05) is 42.2 Å². The number of rotatable bonds is 12. The Morgan fingerprint density at radius 1 is 1.20 bits per heavy atom. The number of nitrogens with one attached hydrogen (secondary N) is 2. The van der Waals surface area contributed by atoms with Crippen molar-refractivity contribution < 1.29 is 14.4 Å². The average Bonchev–Trinajstić information content (AvgIpc) is 3.65. The first-order chi connectivity index (χ1) is 21.8. The van der Waals surface area contributed by atoms with E-state index in [0.717, 1.165) is 65.8 Å². The molecule has 2 amide bonds. The van der Waals surface area contributed by atoms with Crippen LogP contribution in [0.1, 0.15) is 91.0 Å². The lowest BCUT2D eigenvalue weighted by molar-refractivity contribution is -0.137. The van der Waals surface area contributed by atoms with Crippen molar-refractivity contribution in [3.63, 3.8) is 0 Å². The predicted molar refractivity (Wildman–Crippen MR) is 179 cm³/mol. The van der Waals surface area contributed by atoms with Gasteiger partial charge in [0, 0.05) is 59.0 Å². The standard InChI is InChI=1S/C36H46N6O3/c1-41-20-10-17-33(41)32-21-29(23-38)31(39-32)16-8-4-6-12-26(22-37)11-5-3-7-13-27-14-9-15-28(25-43)30(27)24-42(2)34-18-19-35(44)40-36(34)45/h6,9,12,14-16,21-23,25,33-34,39H,3-5,8,10-11,17-20,24,37-38H2,1-2H3,(H,40,44,45)/b12-6-,26-22-,29-23-,31-16+. The van der Waals surface area contributed by atoms with E-state index < -0.39 is 6.04 Å². The van der Waals surface area contributed by atoms with Crippen LogP contribution in [-0.4, -0.2) is 59.6 Å². The molecule has 1 aromatic heterocycles. The maximum Gasteiger partial charge on any atom is 0.243 e. The van der Waals surface area contributed by atoms with Crippen molar-refractivity contribution >= 4 is 30.4 Å². The van der Waals surface area contributed by atoms with Crippen molar-refractivity contribution in [2.24, 2.45) is 11.5 Å². The van der Waals surface area contributed by atoms with E-state index in [0.29, 0.717) is 37.4 Å². The molecule has 2 aromatic rings. The van der Waals surface area contributed by atoms with Crippen LogP contribution in [-0.2, 0) is 16.1 Å². The lowest BCUT2D eigenvalue weighted by atomic mass is 9.99. The van der Waals surface area contributed by atoms with Gasteiger partial charge < -0.3 is 16.5 Å². The van der Waals surface area contributed by atoms with E-state index in [2.05, 4.69) is 58.4 Å². The number of piperidine rings is 1. The number of H-pyrrole nitrogens is 1. The van der Waals surface area contributed by atoms with E-state index in [4.69, 9.17) is 11.5 Å². The number of hydrogen-bond acceptors (Lipinski definition) is 7. The number of aldehydes is 1. The van der Waals surface area contributed by atoms with Gasteiger partial charge in [0.25, 0.3) is 0 Å². The molecule has 2 aliphatic rings. The highest BCUT2D eigenvalue weighted by Crippen LogP contribution is 2.27. The molecular weight excluding hydrogens is 564 g/mol. The summed E-state index contributed by atoms with van der Waals surface area (Å²) in [6.45, 7) is 1.50. The third kappa shape index (κ3) is 9.07. The Morgan fingerprint density at radius 2 is 2.04 bits per heavy atom. The number of nitrogens with two attached hydrogens (primary N) is 2. The molecule has 2 saturated heterocycles. The zero-order valence-electron chi connectivity index (χ0n) is 26.5. The minimum Gasteiger partial charge on any atom is -0.404 e. The molecule has 0 bridgehead atoms. The van der Waals surface area contributed by atoms with Crippen LogP contribution in [0.3, 0.4) is 0 Å². The van der Waals surface area contributed by atoms with Gasteiger partial charge in [-0.3, -0.25) is 29.5 Å². The molecule has 238 valence electrons. The maximum absolute atomic E-state index is 12.3. The zero-order valence-corrected chi connectivity index (χ0v) is 26.5. The summed E-state index contributed by atoms with van der Waals surface area (Å²) in [4.78, 5) is 43.5. The Labute approximate surface area is 266 Å². The molecule has 2 fully saturated rings. The van der Waals surface area contributed by atoms with Gasteiger partial charge in [-0.25, -0.2) is 0 Å². The minimum absolute atomic E-state index is 0.250. The zero-order chi connectivity index (χ0) is 32.2. The fraction of sp³-hybridized carbons (Fsp3) is 0.417. The number of benzene rings is 1. The lowest BCUT2D eigenvalue weighted by Crippen LogP contribution is -2.51. The summed E-state index contributed by atoms with van der Waals surface area (Å²) in [7, 11) is 4.00. The van der Waals surface area contributed by atoms with Crippen molar-refractivity contribution in [2.75, 3.05) is 20.6 Å². The first-order valence-corrected chi connectivity index (χ1v) is 15.8. The van der Waals surface area contributed by atoms with Crippen LogP contribution in [0.5, 0.6) is 0 Å². The lowest BCUT2D eigenvalue weighted by Gasteiger charge is -2.30. The number of likely N-dealkylation sites (tertiary alicyclic amines) is 1. The fourth-order valence-corrected chi connectivity index (χ4v) is 6.09. The topological polar surface area (TPSA) is 138 Å². The summed E-state index contributed by atoms with van der Waals surface area (Å²) in [5.74, 6) is 5.92. The largest absolute Gasteiger partial charge is 0.404 e. The van der Waals surface area contributed by atoms with Crippen molar-refractivity contribution in [3.05, 3.63) is 81.1 Å². The van der Waals surface area contributed by atoms with Gasteiger partial charge in [0.2, 0.25) is 11.8 Å². The molecule has 9 nitrogen and oxygen atoms in total. The van der Waals surface area contributed by atoms with Gasteiger partial charge in [-0.15, -0.1) is 0 Å². The smallest absolute Gasteiger partial charge is 0.243 e. The molecule has 2 aliphatic heterocycles. The molecule has 1 aromatic carbocycles. The Balaban J connectivity index is 1.28. The number of unbranched alkanes of at least 4 members (excludes halogenated alkanes) is 2. The van der Waals surface area contributed by atoms with Gasteiger partial charge in [0.1, 0.15) is 6.29 Å². The molecule has 2 unspecified atom stereocenters. The fourth-order valence-electron chi connectivity index (χ4n) is 6.09. The number of allylic oxidation sites excluding steroid dienone is 3. The third-order valence-electron chi connectivity index (χ3n) is 8.67. The van der Waals surface area contributed by atoms with Gasteiger partial charge in [0.05, 0.1) is 6.04 Å². The van der Waals surface area contributed by atoms with Gasteiger partial charge >= 0.3 is 0 Å². The number of carbonyl (C=O) groups is 3. The summed E-state index contributed by atoms with van der Waals surface area (Å²) in [5.41, 5.74) is 16.2. The monoisotopic (exact) mass is 610 g/mol. The SMILES string of the molecule is CN(Cc1c(C#CCCCC(/C=C\CC/C=c2/[nH]c(C3CCCN3C)c/c2=C/N)=C/N)cccc1C=O)C1CCC(=O)NC1=O. The van der Waals surface area contributed by atoms with E-state index in [1.807, 2.05) is 24.1 Å². The minimum atomic E-state index is -0.428. The number of carbonyl (C=O) groups excluding carboxylic acids is 3. The number of aromatic amines is 1. The van der Waals surface area contributed by atoms with Crippen LogP contribution < -0.4 is 27.4 Å². The van der Waals surface area contributed by atoms with E-state index in [9.17, 15) is 14.4 Å². The van der Waals surface area contributed by atoms with Gasteiger partial charge in [0.15, 0.2) is 0 Å². The summed E-state index contributed by atoms with van der Waals surface area (Å²) < 4.78 is 0. The summed E-state index contributed by atoms with van der Waals surface area (Å²) in [5, 5.41) is 4.52. The van der Waals surface area contributed by atoms with Crippen molar-refractivity contribution in [1.29, 1.82) is 0 Å².